The first kappa shape index (κ1) is 19.9. The number of fused-ring (bicyclic) bond motifs is 1. The molecule has 0 aliphatic carbocycles. The molecule has 0 spiro atoms. The second kappa shape index (κ2) is 8.46. The lowest BCUT2D eigenvalue weighted by Crippen LogP contribution is -2.33. The number of para-hydroxylation sites is 1. The third-order valence-corrected chi connectivity index (χ3v) is 5.01. The third-order valence-electron chi connectivity index (χ3n) is 5.01. The van der Waals surface area contributed by atoms with Gasteiger partial charge in [0.25, 0.3) is 5.91 Å². The van der Waals surface area contributed by atoms with E-state index < -0.39 is 6.10 Å². The van der Waals surface area contributed by atoms with Crippen molar-refractivity contribution in [3.05, 3.63) is 65.4 Å². The van der Waals surface area contributed by atoms with Crippen LogP contribution in [0.25, 0.3) is 10.9 Å². The van der Waals surface area contributed by atoms with Crippen LogP contribution in [-0.2, 0) is 6.42 Å². The van der Waals surface area contributed by atoms with Crippen LogP contribution in [0.3, 0.4) is 0 Å². The van der Waals surface area contributed by atoms with Gasteiger partial charge in [-0.1, -0.05) is 24.3 Å². The van der Waals surface area contributed by atoms with E-state index in [-0.39, 0.29) is 17.7 Å². The monoisotopic (exact) mass is 381 g/mol. The Morgan fingerprint density at radius 1 is 1.18 bits per heavy atom. The average molecular weight is 381 g/mol. The van der Waals surface area contributed by atoms with Crippen molar-refractivity contribution in [2.24, 2.45) is 0 Å². The largest absolute Gasteiger partial charge is 0.508 e. The predicted molar refractivity (Wildman–Crippen MR) is 111 cm³/mol. The highest BCUT2D eigenvalue weighted by atomic mass is 16.3. The first-order chi connectivity index (χ1) is 13.4. The molecule has 0 aliphatic rings. The molecule has 0 bridgehead atoms. The summed E-state index contributed by atoms with van der Waals surface area (Å²) < 4.78 is 0. The van der Waals surface area contributed by atoms with Crippen LogP contribution in [0, 0.1) is 0 Å². The van der Waals surface area contributed by atoms with Crippen LogP contribution in [0.2, 0.25) is 0 Å². The molecule has 1 aromatic heterocycles. The number of H-pyrrole nitrogens is 1. The predicted octanol–water partition coefficient (Wildman–Crippen LogP) is 2.83. The van der Waals surface area contributed by atoms with Crippen LogP contribution in [-0.4, -0.2) is 52.7 Å². The SMILES string of the molecule is C[C@H](NCCc1c[nH]c2c(C(=O)N(C)C)cccc12)[C@H](O)c1ccc(O)cc1. The molecule has 28 heavy (non-hydrogen) atoms. The van der Waals surface area contributed by atoms with Crippen molar-refractivity contribution in [3.63, 3.8) is 0 Å². The summed E-state index contributed by atoms with van der Waals surface area (Å²) in [5.41, 5.74) is 3.41. The number of carbonyl (C=O) groups excluding carboxylic acids is 1. The number of phenolic OH excluding ortho intramolecular Hbond substituents is 1. The molecule has 2 atom stereocenters. The fourth-order valence-corrected chi connectivity index (χ4v) is 3.34. The minimum atomic E-state index is -0.659. The Bertz CT molecular complexity index is 947. The Balaban J connectivity index is 1.65. The highest BCUT2D eigenvalue weighted by molar-refractivity contribution is 6.06. The Kier molecular flexibility index (Phi) is 6.02. The summed E-state index contributed by atoms with van der Waals surface area (Å²) in [6.45, 7) is 2.62. The van der Waals surface area contributed by atoms with Gasteiger partial charge in [-0.05, 0) is 49.2 Å². The summed E-state index contributed by atoms with van der Waals surface area (Å²) in [5.74, 6) is 0.158. The standard InChI is InChI=1S/C22H27N3O3/c1-14(21(27)15-7-9-17(26)10-8-15)23-12-11-16-13-24-20-18(16)5-4-6-19(20)22(28)25(2)3/h4-10,13-14,21,23-24,26-27H,11-12H2,1-3H3/t14-,21-/m0/s1. The number of carbonyl (C=O) groups is 1. The number of nitrogens with one attached hydrogen (secondary N) is 2. The summed E-state index contributed by atoms with van der Waals surface area (Å²) in [4.78, 5) is 17.2. The van der Waals surface area contributed by atoms with Crippen LogP contribution in [0.4, 0.5) is 0 Å². The number of aliphatic hydroxyl groups excluding tert-OH is 1. The van der Waals surface area contributed by atoms with E-state index in [1.54, 1.807) is 43.3 Å². The molecule has 0 radical (unpaired) electrons. The molecular formula is C22H27N3O3. The van der Waals surface area contributed by atoms with Gasteiger partial charge in [-0.15, -0.1) is 0 Å². The topological polar surface area (TPSA) is 88.6 Å². The number of hydrogen-bond donors (Lipinski definition) is 4. The summed E-state index contributed by atoms with van der Waals surface area (Å²) in [5, 5.41) is 24.2. The Hall–Kier alpha value is -2.83. The minimum Gasteiger partial charge on any atom is -0.508 e. The molecule has 0 aliphatic heterocycles. The number of aromatic nitrogens is 1. The molecule has 0 saturated heterocycles. The molecule has 3 aromatic rings. The van der Waals surface area contributed by atoms with Crippen molar-refractivity contribution < 1.29 is 15.0 Å². The highest BCUT2D eigenvalue weighted by Crippen LogP contribution is 2.23. The maximum Gasteiger partial charge on any atom is 0.255 e. The van der Waals surface area contributed by atoms with E-state index in [4.69, 9.17) is 0 Å². The van der Waals surface area contributed by atoms with E-state index in [9.17, 15) is 15.0 Å². The van der Waals surface area contributed by atoms with Crippen LogP contribution in [0.15, 0.2) is 48.7 Å². The Labute approximate surface area is 164 Å². The zero-order valence-corrected chi connectivity index (χ0v) is 16.4. The van der Waals surface area contributed by atoms with Gasteiger partial charge in [0.1, 0.15) is 5.75 Å². The third kappa shape index (κ3) is 4.18. The second-order valence-electron chi connectivity index (χ2n) is 7.27. The molecule has 4 N–H and O–H groups in total. The van der Waals surface area contributed by atoms with Gasteiger partial charge in [0.15, 0.2) is 0 Å². The van der Waals surface area contributed by atoms with Crippen molar-refractivity contribution in [2.75, 3.05) is 20.6 Å². The van der Waals surface area contributed by atoms with Gasteiger partial charge in [0.05, 0.1) is 17.2 Å². The van der Waals surface area contributed by atoms with E-state index in [0.29, 0.717) is 12.1 Å². The molecular weight excluding hydrogens is 354 g/mol. The van der Waals surface area contributed by atoms with Gasteiger partial charge in [-0.2, -0.15) is 0 Å². The molecule has 6 heteroatoms. The maximum atomic E-state index is 12.4. The maximum absolute atomic E-state index is 12.4. The fourth-order valence-electron chi connectivity index (χ4n) is 3.34. The molecule has 148 valence electrons. The number of rotatable bonds is 7. The molecule has 0 fully saturated rings. The van der Waals surface area contributed by atoms with E-state index in [1.807, 2.05) is 31.3 Å². The average Bonchev–Trinajstić information content (AvgIpc) is 3.10. The van der Waals surface area contributed by atoms with E-state index >= 15 is 0 Å². The number of aliphatic hydroxyl groups is 1. The van der Waals surface area contributed by atoms with Crippen molar-refractivity contribution in [1.29, 1.82) is 0 Å². The number of nitrogens with zero attached hydrogens (tertiary/aromatic N) is 1. The summed E-state index contributed by atoms with van der Waals surface area (Å²) in [6, 6.07) is 12.2. The van der Waals surface area contributed by atoms with Crippen molar-refractivity contribution in [2.45, 2.75) is 25.5 Å². The van der Waals surface area contributed by atoms with Crippen LogP contribution >= 0.6 is 0 Å². The van der Waals surface area contributed by atoms with Crippen molar-refractivity contribution in [3.8, 4) is 5.75 Å². The van der Waals surface area contributed by atoms with Gasteiger partial charge in [-0.25, -0.2) is 0 Å². The zero-order chi connectivity index (χ0) is 20.3. The van der Waals surface area contributed by atoms with Crippen molar-refractivity contribution >= 4 is 16.8 Å². The highest BCUT2D eigenvalue weighted by Gasteiger charge is 2.17. The Morgan fingerprint density at radius 3 is 2.57 bits per heavy atom. The summed E-state index contributed by atoms with van der Waals surface area (Å²) in [6.07, 6.45) is 2.06. The second-order valence-corrected chi connectivity index (χ2v) is 7.27. The molecule has 6 nitrogen and oxygen atoms in total. The number of hydrogen-bond acceptors (Lipinski definition) is 4. The quantitative estimate of drug-likeness (QED) is 0.507. The van der Waals surface area contributed by atoms with Gasteiger partial charge >= 0.3 is 0 Å². The summed E-state index contributed by atoms with van der Waals surface area (Å²) in [7, 11) is 3.49. The number of aromatic hydroxyl groups is 1. The van der Waals surface area contributed by atoms with Gasteiger partial charge in [-0.3, -0.25) is 4.79 Å². The fraction of sp³-hybridized carbons (Fsp3) is 0.318. The van der Waals surface area contributed by atoms with Gasteiger partial charge in [0, 0.05) is 31.7 Å². The smallest absolute Gasteiger partial charge is 0.255 e. The molecule has 1 heterocycles. The molecule has 0 unspecified atom stereocenters. The lowest BCUT2D eigenvalue weighted by atomic mass is 10.0. The van der Waals surface area contributed by atoms with Gasteiger partial charge in [0.2, 0.25) is 0 Å². The Morgan fingerprint density at radius 2 is 1.89 bits per heavy atom. The van der Waals surface area contributed by atoms with E-state index in [1.165, 1.54) is 0 Å². The minimum absolute atomic E-state index is 0.0252. The van der Waals surface area contributed by atoms with Crippen LogP contribution in [0.1, 0.15) is 34.5 Å². The lowest BCUT2D eigenvalue weighted by Gasteiger charge is -2.20. The van der Waals surface area contributed by atoms with Crippen molar-refractivity contribution in [1.82, 2.24) is 15.2 Å². The molecule has 3 rings (SSSR count). The van der Waals surface area contributed by atoms with Gasteiger partial charge < -0.3 is 25.4 Å². The number of amides is 1. The number of phenols is 1. The normalized spacial score (nSPS) is 13.4. The molecule has 0 saturated carbocycles. The number of benzene rings is 2. The molecule has 1 amide bonds. The lowest BCUT2D eigenvalue weighted by molar-refractivity contribution is 0.0829. The number of aromatic amines is 1. The molecule has 2 aromatic carbocycles. The first-order valence-corrected chi connectivity index (χ1v) is 9.39. The first-order valence-electron chi connectivity index (χ1n) is 9.39. The summed E-state index contributed by atoms with van der Waals surface area (Å²) >= 11 is 0. The van der Waals surface area contributed by atoms with Crippen LogP contribution < -0.4 is 5.32 Å². The van der Waals surface area contributed by atoms with E-state index in [2.05, 4.69) is 10.3 Å². The van der Waals surface area contributed by atoms with Crippen LogP contribution in [0.5, 0.6) is 5.75 Å². The zero-order valence-electron chi connectivity index (χ0n) is 16.4. The van der Waals surface area contributed by atoms with E-state index in [0.717, 1.165) is 28.5 Å².